The molecule has 0 aliphatic rings. The lowest BCUT2D eigenvalue weighted by Gasteiger charge is -2.11. The summed E-state index contributed by atoms with van der Waals surface area (Å²) in [6, 6.07) is 16.7. The average Bonchev–Trinajstić information content (AvgIpc) is 3.01. The highest BCUT2D eigenvalue weighted by molar-refractivity contribution is 5.96. The van der Waals surface area contributed by atoms with Crippen LogP contribution in [0, 0.1) is 20.8 Å². The lowest BCUT2D eigenvalue weighted by molar-refractivity contribution is 0.0526. The van der Waals surface area contributed by atoms with Crippen molar-refractivity contribution in [2.45, 2.75) is 27.7 Å². The van der Waals surface area contributed by atoms with Crippen LogP contribution in [0.4, 0.5) is 0 Å². The number of hydrogen-bond donors (Lipinski definition) is 1. The molecule has 154 valence electrons. The van der Waals surface area contributed by atoms with E-state index < -0.39 is 0 Å². The molecule has 1 amide bonds. The van der Waals surface area contributed by atoms with Gasteiger partial charge in [0.25, 0.3) is 5.91 Å². The minimum atomic E-state index is -0.345. The third kappa shape index (κ3) is 4.49. The maximum absolute atomic E-state index is 12.3. The first-order valence-corrected chi connectivity index (χ1v) is 9.78. The second kappa shape index (κ2) is 9.22. The van der Waals surface area contributed by atoms with Crippen molar-refractivity contribution in [3.8, 4) is 5.69 Å². The third-order valence-corrected chi connectivity index (χ3v) is 4.85. The Hall–Kier alpha value is -3.67. The average molecular weight is 403 g/mol. The number of nitrogens with one attached hydrogen (secondary N) is 1. The Morgan fingerprint density at radius 2 is 1.83 bits per heavy atom. The maximum atomic E-state index is 12.3. The number of amides is 1. The molecule has 1 heterocycles. The van der Waals surface area contributed by atoms with Crippen molar-refractivity contribution in [3.05, 3.63) is 88.2 Å². The largest absolute Gasteiger partial charge is 0.462 e. The zero-order chi connectivity index (χ0) is 21.7. The van der Waals surface area contributed by atoms with Gasteiger partial charge in [0.1, 0.15) is 0 Å². The summed E-state index contributed by atoms with van der Waals surface area (Å²) >= 11 is 0. The van der Waals surface area contributed by atoms with Gasteiger partial charge in [0.2, 0.25) is 0 Å². The summed E-state index contributed by atoms with van der Waals surface area (Å²) < 4.78 is 7.13. The quantitative estimate of drug-likeness (QED) is 0.378. The molecule has 6 nitrogen and oxygen atoms in total. The Balaban J connectivity index is 1.82. The van der Waals surface area contributed by atoms with Gasteiger partial charge < -0.3 is 9.30 Å². The van der Waals surface area contributed by atoms with Crippen molar-refractivity contribution in [2.75, 3.05) is 6.61 Å². The number of aromatic nitrogens is 1. The van der Waals surface area contributed by atoms with Crippen LogP contribution in [-0.2, 0) is 4.74 Å². The number of benzene rings is 2. The Morgan fingerprint density at radius 3 is 2.57 bits per heavy atom. The number of carbonyl (C=O) groups excluding carboxylic acids is 2. The summed E-state index contributed by atoms with van der Waals surface area (Å²) in [5, 5.41) is 4.13. The first kappa shape index (κ1) is 21.0. The SMILES string of the molecule is CCOC(=O)c1cccc(-n2c(C)cc(/C=N\NC(=O)c3ccccc3C)c2C)c1. The monoisotopic (exact) mass is 403 g/mol. The van der Waals surface area contributed by atoms with Crippen LogP contribution in [-0.4, -0.2) is 29.3 Å². The standard InChI is InChI=1S/C24H25N3O3/c1-5-30-24(29)19-10-8-11-21(14-19)27-17(3)13-20(18(27)4)15-25-26-23(28)22-12-7-6-9-16(22)2/h6-15H,5H2,1-4H3,(H,26,28)/b25-15-. The number of aryl methyl sites for hydroxylation is 2. The number of hydrogen-bond acceptors (Lipinski definition) is 4. The first-order chi connectivity index (χ1) is 14.4. The summed E-state index contributed by atoms with van der Waals surface area (Å²) in [5.41, 5.74) is 8.24. The van der Waals surface area contributed by atoms with Crippen LogP contribution in [0.25, 0.3) is 5.69 Å². The van der Waals surface area contributed by atoms with Crippen molar-refractivity contribution < 1.29 is 14.3 Å². The van der Waals surface area contributed by atoms with Gasteiger partial charge in [-0.15, -0.1) is 0 Å². The summed E-state index contributed by atoms with van der Waals surface area (Å²) in [5.74, 6) is -0.595. The van der Waals surface area contributed by atoms with E-state index in [1.54, 1.807) is 31.3 Å². The molecule has 3 aromatic rings. The fraction of sp³-hybridized carbons (Fsp3) is 0.208. The van der Waals surface area contributed by atoms with Crippen LogP contribution in [0.5, 0.6) is 0 Å². The van der Waals surface area contributed by atoms with Gasteiger partial charge in [-0.25, -0.2) is 10.2 Å². The molecule has 0 aliphatic heterocycles. The van der Waals surface area contributed by atoms with E-state index in [-0.39, 0.29) is 11.9 Å². The van der Waals surface area contributed by atoms with Gasteiger partial charge in [0.05, 0.1) is 18.4 Å². The van der Waals surface area contributed by atoms with Gasteiger partial charge in [-0.3, -0.25) is 4.79 Å². The molecule has 1 N–H and O–H groups in total. The molecule has 0 atom stereocenters. The topological polar surface area (TPSA) is 72.7 Å². The van der Waals surface area contributed by atoms with Crippen LogP contribution in [0.3, 0.4) is 0 Å². The van der Waals surface area contributed by atoms with E-state index in [1.165, 1.54) is 0 Å². The fourth-order valence-electron chi connectivity index (χ4n) is 3.35. The number of hydrazone groups is 1. The second-order valence-electron chi connectivity index (χ2n) is 6.95. The number of nitrogens with zero attached hydrogens (tertiary/aromatic N) is 2. The number of rotatable bonds is 6. The minimum absolute atomic E-state index is 0.250. The van der Waals surface area contributed by atoms with Gasteiger partial charge in [0.15, 0.2) is 0 Å². The molecule has 0 saturated carbocycles. The molecule has 0 radical (unpaired) electrons. The second-order valence-corrected chi connectivity index (χ2v) is 6.95. The lowest BCUT2D eigenvalue weighted by Crippen LogP contribution is -2.18. The van der Waals surface area contributed by atoms with Crippen molar-refractivity contribution in [2.24, 2.45) is 5.10 Å². The summed E-state index contributed by atoms with van der Waals surface area (Å²) in [6.45, 7) is 7.95. The summed E-state index contributed by atoms with van der Waals surface area (Å²) in [6.07, 6.45) is 1.63. The number of carbonyl (C=O) groups is 2. The molecule has 30 heavy (non-hydrogen) atoms. The molecule has 0 unspecified atom stereocenters. The predicted octanol–water partition coefficient (Wildman–Crippen LogP) is 4.34. The van der Waals surface area contributed by atoms with E-state index in [2.05, 4.69) is 10.5 Å². The van der Waals surface area contributed by atoms with E-state index in [9.17, 15) is 9.59 Å². The van der Waals surface area contributed by atoms with Crippen molar-refractivity contribution in [1.29, 1.82) is 0 Å². The molecule has 0 saturated heterocycles. The molecule has 1 aromatic heterocycles. The van der Waals surface area contributed by atoms with Crippen molar-refractivity contribution in [1.82, 2.24) is 9.99 Å². The molecule has 0 fully saturated rings. The molecule has 6 heteroatoms. The molecular formula is C24H25N3O3. The van der Waals surface area contributed by atoms with Crippen LogP contribution in [0.1, 0.15) is 50.2 Å². The number of esters is 1. The predicted molar refractivity (Wildman–Crippen MR) is 117 cm³/mol. The van der Waals surface area contributed by atoms with Gasteiger partial charge in [0, 0.05) is 28.2 Å². The van der Waals surface area contributed by atoms with Crippen molar-refractivity contribution >= 4 is 18.1 Å². The van der Waals surface area contributed by atoms with Crippen LogP contribution in [0.15, 0.2) is 59.7 Å². The van der Waals surface area contributed by atoms with Crippen LogP contribution in [0.2, 0.25) is 0 Å². The smallest absolute Gasteiger partial charge is 0.338 e. The molecular weight excluding hydrogens is 378 g/mol. The van der Waals surface area contributed by atoms with Gasteiger partial charge in [-0.05, 0) is 63.6 Å². The molecule has 2 aromatic carbocycles. The Bertz CT molecular complexity index is 1110. The van der Waals surface area contributed by atoms with E-state index in [4.69, 9.17) is 4.74 Å². The zero-order valence-corrected chi connectivity index (χ0v) is 17.6. The first-order valence-electron chi connectivity index (χ1n) is 9.78. The van der Waals surface area contributed by atoms with Crippen LogP contribution >= 0.6 is 0 Å². The van der Waals surface area contributed by atoms with E-state index in [1.807, 2.05) is 61.7 Å². The maximum Gasteiger partial charge on any atom is 0.338 e. The Morgan fingerprint density at radius 1 is 1.07 bits per heavy atom. The fourth-order valence-corrected chi connectivity index (χ4v) is 3.35. The highest BCUT2D eigenvalue weighted by atomic mass is 16.5. The van der Waals surface area contributed by atoms with Crippen LogP contribution < -0.4 is 5.43 Å². The molecule has 3 rings (SSSR count). The number of ether oxygens (including phenoxy) is 1. The van der Waals surface area contributed by atoms with E-state index in [0.717, 1.165) is 28.2 Å². The Labute approximate surface area is 176 Å². The van der Waals surface area contributed by atoms with Gasteiger partial charge in [-0.2, -0.15) is 5.10 Å². The highest BCUT2D eigenvalue weighted by Crippen LogP contribution is 2.21. The van der Waals surface area contributed by atoms with Crippen molar-refractivity contribution in [3.63, 3.8) is 0 Å². The molecule has 0 aliphatic carbocycles. The molecule has 0 bridgehead atoms. The highest BCUT2D eigenvalue weighted by Gasteiger charge is 2.13. The molecule has 0 spiro atoms. The van der Waals surface area contributed by atoms with E-state index >= 15 is 0 Å². The minimum Gasteiger partial charge on any atom is -0.462 e. The van der Waals surface area contributed by atoms with Gasteiger partial charge >= 0.3 is 5.97 Å². The van der Waals surface area contributed by atoms with E-state index in [0.29, 0.717) is 17.7 Å². The summed E-state index contributed by atoms with van der Waals surface area (Å²) in [4.78, 5) is 24.4. The third-order valence-electron chi connectivity index (χ3n) is 4.85. The van der Waals surface area contributed by atoms with Gasteiger partial charge in [-0.1, -0.05) is 24.3 Å². The summed E-state index contributed by atoms with van der Waals surface area (Å²) in [7, 11) is 0. The Kier molecular flexibility index (Phi) is 6.47. The normalized spacial score (nSPS) is 10.9. The zero-order valence-electron chi connectivity index (χ0n) is 17.6. The lowest BCUT2D eigenvalue weighted by atomic mass is 10.1.